The van der Waals surface area contributed by atoms with Crippen LogP contribution in [0.25, 0.3) is 0 Å². The largest absolute Gasteiger partial charge is 0.338 e. The zero-order chi connectivity index (χ0) is 27.3. The van der Waals surface area contributed by atoms with Crippen LogP contribution < -0.4 is 15.9 Å². The average Bonchev–Trinajstić information content (AvgIpc) is 3.46. The molecule has 1 aromatic heterocycles. The summed E-state index contributed by atoms with van der Waals surface area (Å²) in [6, 6.07) is 13.6. The third-order valence-corrected chi connectivity index (χ3v) is 10.2. The van der Waals surface area contributed by atoms with E-state index in [2.05, 4.69) is 49.8 Å². The topological polar surface area (TPSA) is 93.9 Å². The summed E-state index contributed by atoms with van der Waals surface area (Å²) in [5, 5.41) is 16.3. The van der Waals surface area contributed by atoms with Crippen molar-refractivity contribution in [3.8, 4) is 6.07 Å². The van der Waals surface area contributed by atoms with Gasteiger partial charge in [-0.25, -0.2) is 9.37 Å². The minimum absolute atomic E-state index is 0.293. The Balaban J connectivity index is 1.15. The monoisotopic (exact) mass is 564 g/mol. The molecule has 1 saturated carbocycles. The van der Waals surface area contributed by atoms with Gasteiger partial charge in [0.05, 0.1) is 23.9 Å². The van der Waals surface area contributed by atoms with Crippen molar-refractivity contribution in [2.24, 2.45) is 17.8 Å². The van der Waals surface area contributed by atoms with E-state index in [1.807, 2.05) is 0 Å². The lowest BCUT2D eigenvalue weighted by molar-refractivity contribution is 0.195. The van der Waals surface area contributed by atoms with Gasteiger partial charge in [-0.1, -0.05) is 17.7 Å². The summed E-state index contributed by atoms with van der Waals surface area (Å²) >= 11 is 6.38. The fraction of sp³-hybridized carbons (Fsp3) is 0.414. The number of rotatable bonds is 6. The molecule has 1 saturated heterocycles. The van der Waals surface area contributed by atoms with Crippen LogP contribution in [0.2, 0.25) is 5.02 Å². The van der Waals surface area contributed by atoms with Gasteiger partial charge in [-0.15, -0.1) is 0 Å². The summed E-state index contributed by atoms with van der Waals surface area (Å²) in [6.45, 7) is 5.35. The highest BCUT2D eigenvalue weighted by molar-refractivity contribution is 7.70. The van der Waals surface area contributed by atoms with Gasteiger partial charge < -0.3 is 15.2 Å². The Hall–Kier alpha value is -2.98. The second-order valence-electron chi connectivity index (χ2n) is 11.3. The van der Waals surface area contributed by atoms with E-state index in [1.54, 1.807) is 19.4 Å². The van der Waals surface area contributed by atoms with Crippen molar-refractivity contribution in [1.82, 2.24) is 14.9 Å². The predicted molar refractivity (Wildman–Crippen MR) is 154 cm³/mol. The Labute approximate surface area is 233 Å². The van der Waals surface area contributed by atoms with E-state index in [1.165, 1.54) is 29.5 Å². The van der Waals surface area contributed by atoms with E-state index in [-0.39, 0.29) is 0 Å². The molecular formula is C29H31ClFN6OP. The van der Waals surface area contributed by atoms with Crippen LogP contribution in [0.3, 0.4) is 0 Å². The first kappa shape index (κ1) is 26.3. The molecule has 3 aromatic rings. The molecule has 2 heterocycles. The number of likely N-dealkylation sites (tertiary alicyclic amines) is 1. The van der Waals surface area contributed by atoms with Crippen molar-refractivity contribution in [3.63, 3.8) is 0 Å². The van der Waals surface area contributed by atoms with Gasteiger partial charge in [-0.2, -0.15) is 10.2 Å². The van der Waals surface area contributed by atoms with Crippen LogP contribution in [0, 0.1) is 34.9 Å². The lowest BCUT2D eigenvalue weighted by Crippen LogP contribution is -2.35. The number of aryl methyl sites for hydroxylation is 2. The molecule has 10 heteroatoms. The predicted octanol–water partition coefficient (Wildman–Crippen LogP) is 5.95. The number of halogens is 2. The van der Waals surface area contributed by atoms with Crippen LogP contribution in [0.5, 0.6) is 0 Å². The normalized spacial score (nSPS) is 24.3. The van der Waals surface area contributed by atoms with Gasteiger partial charge in [-0.3, -0.25) is 4.90 Å². The van der Waals surface area contributed by atoms with E-state index < -0.39 is 13.0 Å². The standard InChI is InChI=1S/C29H31ClFN6OP/c1-39(2,38)27-12-19(31)6-10-26(27)35-28-25(30)14-33-29(36-28)34-20-7-3-17-4-8-21(9-5-18(17)11-20)37-15-23-22(13-32)24(23)16-37/h3,6-7,10-12,14,21-24H,4-5,8-9,15-16H2,1-2H3,(H2,33,34,35,36)/t21-,22?,23?,24?/m1/s1. The summed E-state index contributed by atoms with van der Waals surface area (Å²) < 4.78 is 26.6. The Morgan fingerprint density at radius 1 is 1.08 bits per heavy atom. The number of nitriles is 1. The van der Waals surface area contributed by atoms with Crippen molar-refractivity contribution in [1.29, 1.82) is 5.26 Å². The van der Waals surface area contributed by atoms with Crippen molar-refractivity contribution in [3.05, 3.63) is 64.6 Å². The van der Waals surface area contributed by atoms with Gasteiger partial charge in [0.15, 0.2) is 5.82 Å². The number of aromatic nitrogens is 2. The number of benzene rings is 2. The van der Waals surface area contributed by atoms with Crippen LogP contribution >= 0.6 is 18.7 Å². The molecular weight excluding hydrogens is 534 g/mol. The Morgan fingerprint density at radius 2 is 1.82 bits per heavy atom. The maximum absolute atomic E-state index is 13.9. The van der Waals surface area contributed by atoms with E-state index in [0.717, 1.165) is 44.5 Å². The molecule has 2 unspecified atom stereocenters. The van der Waals surface area contributed by atoms with Crippen LogP contribution in [0.4, 0.5) is 27.5 Å². The van der Waals surface area contributed by atoms with E-state index in [0.29, 0.717) is 51.6 Å². The highest BCUT2D eigenvalue weighted by Crippen LogP contribution is 2.52. The second-order valence-corrected chi connectivity index (χ2v) is 14.9. The summed E-state index contributed by atoms with van der Waals surface area (Å²) in [4.78, 5) is 11.5. The quantitative estimate of drug-likeness (QED) is 0.282. The molecule has 2 aromatic carbocycles. The Morgan fingerprint density at radius 3 is 2.54 bits per heavy atom. The minimum Gasteiger partial charge on any atom is -0.338 e. The van der Waals surface area contributed by atoms with Gasteiger partial charge in [0.25, 0.3) is 0 Å². The van der Waals surface area contributed by atoms with Gasteiger partial charge in [0, 0.05) is 30.1 Å². The molecule has 0 spiro atoms. The molecule has 39 heavy (non-hydrogen) atoms. The molecule has 0 amide bonds. The average molecular weight is 565 g/mol. The molecule has 0 bridgehead atoms. The smallest absolute Gasteiger partial charge is 0.229 e. The maximum Gasteiger partial charge on any atom is 0.229 e. The van der Waals surface area contributed by atoms with Crippen molar-refractivity contribution in [2.45, 2.75) is 31.7 Å². The second kappa shape index (κ2) is 10.2. The van der Waals surface area contributed by atoms with Crippen LogP contribution in [-0.2, 0) is 17.4 Å². The Kier molecular flexibility index (Phi) is 6.87. The first-order valence-corrected chi connectivity index (χ1v) is 16.3. The molecule has 2 fully saturated rings. The fourth-order valence-electron chi connectivity index (χ4n) is 6.21. The van der Waals surface area contributed by atoms with E-state index in [4.69, 9.17) is 11.6 Å². The number of anilines is 4. The van der Waals surface area contributed by atoms with Gasteiger partial charge in [-0.05, 0) is 92.3 Å². The van der Waals surface area contributed by atoms with Gasteiger partial charge >= 0.3 is 0 Å². The number of nitrogens with one attached hydrogen (secondary N) is 2. The third kappa shape index (κ3) is 5.41. The summed E-state index contributed by atoms with van der Waals surface area (Å²) in [5.41, 5.74) is 4.11. The lowest BCUT2D eigenvalue weighted by atomic mass is 10.0. The molecule has 2 N–H and O–H groups in total. The third-order valence-electron chi connectivity index (χ3n) is 8.38. The fourth-order valence-corrected chi connectivity index (χ4v) is 7.49. The van der Waals surface area contributed by atoms with Crippen LogP contribution in [-0.4, -0.2) is 47.3 Å². The van der Waals surface area contributed by atoms with Crippen molar-refractivity contribution >= 4 is 47.2 Å². The highest BCUT2D eigenvalue weighted by Gasteiger charge is 2.56. The highest BCUT2D eigenvalue weighted by atomic mass is 35.5. The first-order valence-electron chi connectivity index (χ1n) is 13.4. The summed E-state index contributed by atoms with van der Waals surface area (Å²) in [6.07, 6.45) is 5.85. The maximum atomic E-state index is 13.9. The van der Waals surface area contributed by atoms with Crippen LogP contribution in [0.15, 0.2) is 42.6 Å². The van der Waals surface area contributed by atoms with E-state index in [9.17, 15) is 14.2 Å². The number of hydrogen-bond acceptors (Lipinski definition) is 7. The number of fused-ring (bicyclic) bond motifs is 2. The van der Waals surface area contributed by atoms with Gasteiger partial charge in [0.1, 0.15) is 18.0 Å². The molecule has 0 radical (unpaired) electrons. The number of hydrogen-bond donors (Lipinski definition) is 2. The SMILES string of the molecule is CP(C)(=O)c1cc(F)ccc1Nc1nc(Nc2ccc3c(c2)CC[C@H](N2CC4C(C#N)C4C2)CC3)ncc1Cl. The molecule has 2 aliphatic carbocycles. The molecule has 1 aliphatic heterocycles. The molecule has 7 nitrogen and oxygen atoms in total. The molecule has 202 valence electrons. The first-order chi connectivity index (χ1) is 18.7. The van der Waals surface area contributed by atoms with E-state index >= 15 is 0 Å². The number of piperidine rings is 1. The minimum atomic E-state index is -2.75. The zero-order valence-electron chi connectivity index (χ0n) is 22.0. The summed E-state index contributed by atoms with van der Waals surface area (Å²) in [5.74, 6) is 1.75. The van der Waals surface area contributed by atoms with Crippen molar-refractivity contribution in [2.75, 3.05) is 37.1 Å². The van der Waals surface area contributed by atoms with Crippen LogP contribution in [0.1, 0.15) is 24.0 Å². The number of nitrogens with zero attached hydrogens (tertiary/aromatic N) is 4. The zero-order valence-corrected chi connectivity index (χ0v) is 23.6. The van der Waals surface area contributed by atoms with Crippen molar-refractivity contribution < 1.29 is 8.96 Å². The summed E-state index contributed by atoms with van der Waals surface area (Å²) in [7, 11) is -2.75. The molecule has 3 aliphatic rings. The molecule has 6 rings (SSSR count). The van der Waals surface area contributed by atoms with Gasteiger partial charge in [0.2, 0.25) is 5.95 Å². The Bertz CT molecular complexity index is 1510. The molecule has 3 atom stereocenters. The lowest BCUT2D eigenvalue weighted by Gasteiger charge is -2.28.